The van der Waals surface area contributed by atoms with Gasteiger partial charge < -0.3 is 24.9 Å². The number of aromatic hydroxyl groups is 1. The zero-order chi connectivity index (χ0) is 38.6. The Bertz CT molecular complexity index is 2450. The van der Waals surface area contributed by atoms with Crippen molar-refractivity contribution in [1.29, 1.82) is 0 Å². The van der Waals surface area contributed by atoms with E-state index in [-0.39, 0.29) is 27.3 Å². The van der Waals surface area contributed by atoms with Crippen LogP contribution in [0.5, 0.6) is 5.75 Å². The Morgan fingerprint density at radius 1 is 1.00 bits per heavy atom. The highest BCUT2D eigenvalue weighted by Crippen LogP contribution is 2.41. The summed E-state index contributed by atoms with van der Waals surface area (Å²) < 4.78 is 9.64. The first-order valence-electron chi connectivity index (χ1n) is 17.9. The molecule has 5 N–H and O–H groups in total. The summed E-state index contributed by atoms with van der Waals surface area (Å²) in [7, 11) is -2.23. The highest BCUT2D eigenvalue weighted by molar-refractivity contribution is 7.16. The molecule has 2 aromatic heterocycles. The van der Waals surface area contributed by atoms with Gasteiger partial charge in [-0.1, -0.05) is 98.9 Å². The number of aromatic amines is 1. The number of aromatic nitrogens is 2. The van der Waals surface area contributed by atoms with Crippen molar-refractivity contribution in [2.24, 2.45) is 0 Å². The number of anilines is 1. The Morgan fingerprint density at radius 2 is 1.78 bits per heavy atom. The van der Waals surface area contributed by atoms with Gasteiger partial charge in [0, 0.05) is 36.7 Å². The molecule has 1 atom stereocenters. The second-order valence-corrected chi connectivity index (χ2v) is 20.6. The van der Waals surface area contributed by atoms with Crippen LogP contribution < -0.4 is 21.1 Å². The van der Waals surface area contributed by atoms with Gasteiger partial charge in [0.15, 0.2) is 8.32 Å². The lowest BCUT2D eigenvalue weighted by atomic mass is 10.0. The summed E-state index contributed by atoms with van der Waals surface area (Å²) in [5, 5.41) is 26.7. The van der Waals surface area contributed by atoms with Crippen LogP contribution in [0.2, 0.25) is 18.1 Å². The standard InChI is InChI=1S/C42H46N4O6SSi/c1-42(2,3)54(4,5)52-36(31-17-20-35(47)39-32(31)18-21-38(48)45-39)26-43-25-28-15-19-34-37(24-28)53-41(51)46(34)22-10-9-11-27-14-16-30(29-12-7-6-8-13-29)33(23-27)44-40(49)50/h6-9,11-21,23-24,36,43-44,47H,10,22,25-26H2,1-5H3,(H,45,48)(H,49,50)/b11-9+/t36-/m0/s1. The van der Waals surface area contributed by atoms with Crippen molar-refractivity contribution in [2.75, 3.05) is 11.9 Å². The van der Waals surface area contributed by atoms with Gasteiger partial charge in [0.25, 0.3) is 0 Å². The van der Waals surface area contributed by atoms with Crippen molar-refractivity contribution in [3.63, 3.8) is 0 Å². The third kappa shape index (κ3) is 8.74. The van der Waals surface area contributed by atoms with Crippen LogP contribution in [-0.2, 0) is 17.5 Å². The molecule has 12 heteroatoms. The lowest BCUT2D eigenvalue weighted by molar-refractivity contribution is 0.181. The van der Waals surface area contributed by atoms with E-state index in [0.717, 1.165) is 43.4 Å². The van der Waals surface area contributed by atoms with Gasteiger partial charge in [0.2, 0.25) is 5.56 Å². The number of nitrogens with zero attached hydrogens (tertiary/aromatic N) is 1. The molecule has 2 heterocycles. The number of thiazole rings is 1. The predicted octanol–water partition coefficient (Wildman–Crippen LogP) is 9.32. The van der Waals surface area contributed by atoms with Gasteiger partial charge in [-0.2, -0.15) is 0 Å². The largest absolute Gasteiger partial charge is 0.506 e. The first-order chi connectivity index (χ1) is 25.7. The van der Waals surface area contributed by atoms with Crippen molar-refractivity contribution in [3.05, 3.63) is 134 Å². The Balaban J connectivity index is 1.14. The monoisotopic (exact) mass is 762 g/mol. The topological polar surface area (TPSA) is 146 Å². The van der Waals surface area contributed by atoms with Gasteiger partial charge in [-0.15, -0.1) is 0 Å². The Morgan fingerprint density at radius 3 is 2.52 bits per heavy atom. The molecule has 280 valence electrons. The molecule has 6 rings (SSSR count). The number of carboxylic acid groups (broad SMARTS) is 1. The number of H-pyrrole nitrogens is 1. The van der Waals surface area contributed by atoms with Gasteiger partial charge in [0.1, 0.15) is 5.75 Å². The zero-order valence-electron chi connectivity index (χ0n) is 31.1. The summed E-state index contributed by atoms with van der Waals surface area (Å²) in [6.07, 6.45) is 3.09. The number of hydrogen-bond acceptors (Lipinski definition) is 7. The van der Waals surface area contributed by atoms with Crippen LogP contribution in [0.3, 0.4) is 0 Å². The number of allylic oxidation sites excluding steroid dienone is 1. The average Bonchev–Trinajstić information content (AvgIpc) is 3.43. The molecule has 0 radical (unpaired) electrons. The molecular weight excluding hydrogens is 717 g/mol. The number of phenols is 1. The first-order valence-corrected chi connectivity index (χ1v) is 21.6. The van der Waals surface area contributed by atoms with E-state index in [1.807, 2.05) is 78.9 Å². The van der Waals surface area contributed by atoms with Crippen LogP contribution in [0.15, 0.2) is 107 Å². The normalized spacial score (nSPS) is 12.8. The third-order valence-electron chi connectivity index (χ3n) is 10.1. The van der Waals surface area contributed by atoms with Crippen molar-refractivity contribution < 1.29 is 19.4 Å². The third-order valence-corrected chi connectivity index (χ3v) is 15.5. The minimum Gasteiger partial charge on any atom is -0.506 e. The second-order valence-electron chi connectivity index (χ2n) is 14.9. The number of benzene rings is 4. The van der Waals surface area contributed by atoms with E-state index in [2.05, 4.69) is 55.5 Å². The van der Waals surface area contributed by atoms with Gasteiger partial charge in [-0.25, -0.2) is 4.79 Å². The molecule has 0 aliphatic rings. The summed E-state index contributed by atoms with van der Waals surface area (Å²) in [4.78, 5) is 39.4. The quantitative estimate of drug-likeness (QED) is 0.0738. The summed E-state index contributed by atoms with van der Waals surface area (Å²) in [5.74, 6) is 0.0127. The fourth-order valence-electron chi connectivity index (χ4n) is 6.24. The van der Waals surface area contributed by atoms with Crippen LogP contribution >= 0.6 is 11.3 Å². The van der Waals surface area contributed by atoms with E-state index in [1.165, 1.54) is 17.4 Å². The van der Waals surface area contributed by atoms with E-state index in [9.17, 15) is 24.6 Å². The number of phenolic OH excluding ortho intramolecular Hbond substituents is 1. The fraction of sp³-hybridized carbons (Fsp3) is 0.262. The molecule has 0 saturated carbocycles. The predicted molar refractivity (Wildman–Crippen MR) is 222 cm³/mol. The molecule has 0 bridgehead atoms. The lowest BCUT2D eigenvalue weighted by Crippen LogP contribution is -2.43. The lowest BCUT2D eigenvalue weighted by Gasteiger charge is -2.39. The van der Waals surface area contributed by atoms with E-state index in [4.69, 9.17) is 4.43 Å². The Kier molecular flexibility index (Phi) is 11.4. The van der Waals surface area contributed by atoms with Crippen molar-refractivity contribution in [3.8, 4) is 16.9 Å². The van der Waals surface area contributed by atoms with E-state index < -0.39 is 14.4 Å². The number of pyridine rings is 1. The minimum absolute atomic E-state index is 0.0127. The van der Waals surface area contributed by atoms with Gasteiger partial charge in [0.05, 0.1) is 27.5 Å². The number of aryl methyl sites for hydroxylation is 1. The van der Waals surface area contributed by atoms with Crippen molar-refractivity contribution >= 4 is 58.6 Å². The summed E-state index contributed by atoms with van der Waals surface area (Å²) in [6.45, 7) is 12.6. The smallest absolute Gasteiger partial charge is 0.409 e. The number of rotatable bonds is 13. The molecule has 0 spiro atoms. The highest BCUT2D eigenvalue weighted by atomic mass is 32.1. The molecule has 0 saturated heterocycles. The summed E-state index contributed by atoms with van der Waals surface area (Å²) in [5.41, 5.74) is 5.98. The van der Waals surface area contributed by atoms with Crippen LogP contribution in [0.25, 0.3) is 38.3 Å². The number of amides is 1. The second kappa shape index (κ2) is 16.0. The molecule has 10 nitrogen and oxygen atoms in total. The fourth-order valence-corrected chi connectivity index (χ4v) is 8.50. The number of nitrogens with one attached hydrogen (secondary N) is 3. The molecule has 0 unspecified atom stereocenters. The number of carbonyl (C=O) groups is 1. The summed E-state index contributed by atoms with van der Waals surface area (Å²) in [6, 6.07) is 28.0. The van der Waals surface area contributed by atoms with E-state index >= 15 is 0 Å². The summed E-state index contributed by atoms with van der Waals surface area (Å²) >= 11 is 1.23. The average molecular weight is 763 g/mol. The molecular formula is C42H46N4O6SSi. The molecule has 0 aliphatic heterocycles. The Hall–Kier alpha value is -5.27. The van der Waals surface area contributed by atoms with Gasteiger partial charge in [-0.3, -0.25) is 19.5 Å². The molecule has 6 aromatic rings. The molecule has 1 amide bonds. The highest BCUT2D eigenvalue weighted by Gasteiger charge is 2.39. The number of fused-ring (bicyclic) bond motifs is 2. The maximum atomic E-state index is 13.1. The van der Waals surface area contributed by atoms with E-state index in [0.29, 0.717) is 37.3 Å². The maximum Gasteiger partial charge on any atom is 0.409 e. The molecule has 0 aliphatic carbocycles. The Labute approximate surface area is 318 Å². The van der Waals surface area contributed by atoms with Crippen molar-refractivity contribution in [1.82, 2.24) is 14.9 Å². The molecule has 54 heavy (non-hydrogen) atoms. The van der Waals surface area contributed by atoms with Crippen molar-refractivity contribution in [2.45, 2.75) is 64.5 Å². The van der Waals surface area contributed by atoms with Crippen LogP contribution in [0.1, 0.15) is 50.0 Å². The van der Waals surface area contributed by atoms with Gasteiger partial charge >= 0.3 is 11.0 Å². The van der Waals surface area contributed by atoms with Crippen LogP contribution in [-0.4, -0.2) is 40.7 Å². The minimum atomic E-state index is -2.23. The zero-order valence-corrected chi connectivity index (χ0v) is 32.9. The van der Waals surface area contributed by atoms with Crippen LogP contribution in [0, 0.1) is 0 Å². The molecule has 0 fully saturated rings. The van der Waals surface area contributed by atoms with E-state index in [1.54, 1.807) is 16.7 Å². The van der Waals surface area contributed by atoms with Crippen LogP contribution in [0.4, 0.5) is 10.5 Å². The SMILES string of the molecule is CC(C)(C)[Si](C)(C)O[C@@H](CNCc1ccc2c(c1)sc(=O)n2CC/C=C/c1ccc(-c2ccccc2)c(NC(=O)O)c1)c1ccc(O)c2[nH]c(=O)ccc12. The number of hydrogen-bond donors (Lipinski definition) is 5. The first kappa shape index (κ1) is 38.5. The van der Waals surface area contributed by atoms with Gasteiger partial charge in [-0.05, 0) is 77.1 Å². The molecule has 4 aromatic carbocycles. The maximum absolute atomic E-state index is 13.1.